The molecule has 0 saturated carbocycles. The fraction of sp³-hybridized carbons (Fsp3) is 0.533. The lowest BCUT2D eigenvalue weighted by Gasteiger charge is -2.17. The molecule has 0 aliphatic rings. The molecule has 1 aromatic carbocycles. The Morgan fingerprint density at radius 2 is 2.10 bits per heavy atom. The molecular formula is C15H25N3O2. The average Bonchev–Trinajstić information content (AvgIpc) is 2.37. The largest absolute Gasteiger partial charge is 0.399 e. The van der Waals surface area contributed by atoms with Gasteiger partial charge in [-0.25, -0.2) is 0 Å². The van der Waals surface area contributed by atoms with Crippen LogP contribution in [0.4, 0.5) is 11.4 Å². The number of benzene rings is 1. The quantitative estimate of drug-likeness (QED) is 0.589. The van der Waals surface area contributed by atoms with Gasteiger partial charge in [0.2, 0.25) is 0 Å². The second kappa shape index (κ2) is 7.75. The fourth-order valence-electron chi connectivity index (χ4n) is 1.78. The molecule has 0 aromatic heterocycles. The molecule has 0 fully saturated rings. The van der Waals surface area contributed by atoms with Crippen molar-refractivity contribution in [3.63, 3.8) is 0 Å². The van der Waals surface area contributed by atoms with Gasteiger partial charge in [0, 0.05) is 38.6 Å². The van der Waals surface area contributed by atoms with Gasteiger partial charge in [0.05, 0.1) is 12.2 Å². The van der Waals surface area contributed by atoms with Gasteiger partial charge in [-0.1, -0.05) is 13.8 Å². The highest BCUT2D eigenvalue weighted by molar-refractivity contribution is 6.00. The normalized spacial score (nSPS) is 10.7. The van der Waals surface area contributed by atoms with E-state index in [-0.39, 0.29) is 5.91 Å². The van der Waals surface area contributed by atoms with E-state index in [1.807, 2.05) is 25.1 Å². The van der Waals surface area contributed by atoms with Crippen LogP contribution in [-0.4, -0.2) is 39.8 Å². The first-order chi connectivity index (χ1) is 9.41. The van der Waals surface area contributed by atoms with Crippen LogP contribution in [0.1, 0.15) is 24.2 Å². The fourth-order valence-corrected chi connectivity index (χ4v) is 1.78. The molecule has 0 aliphatic heterocycles. The zero-order chi connectivity index (χ0) is 15.1. The molecular weight excluding hydrogens is 254 g/mol. The Morgan fingerprint density at radius 1 is 1.40 bits per heavy atom. The van der Waals surface area contributed by atoms with Crippen LogP contribution in [0.3, 0.4) is 0 Å². The Labute approximate surface area is 121 Å². The van der Waals surface area contributed by atoms with E-state index in [9.17, 15) is 4.79 Å². The molecule has 1 amide bonds. The van der Waals surface area contributed by atoms with Gasteiger partial charge in [0.25, 0.3) is 5.91 Å². The molecule has 0 bridgehead atoms. The second-order valence-electron chi connectivity index (χ2n) is 5.40. The van der Waals surface area contributed by atoms with Crippen LogP contribution in [0.5, 0.6) is 0 Å². The van der Waals surface area contributed by atoms with Gasteiger partial charge in [-0.2, -0.15) is 0 Å². The van der Waals surface area contributed by atoms with Crippen molar-refractivity contribution in [1.29, 1.82) is 0 Å². The number of carbonyl (C=O) groups is 1. The predicted molar refractivity (Wildman–Crippen MR) is 83.2 cm³/mol. The van der Waals surface area contributed by atoms with Crippen LogP contribution in [-0.2, 0) is 4.74 Å². The lowest BCUT2D eigenvalue weighted by atomic mass is 10.1. The molecule has 0 heterocycles. The van der Waals surface area contributed by atoms with Gasteiger partial charge in [-0.15, -0.1) is 0 Å². The molecule has 0 radical (unpaired) electrons. The highest BCUT2D eigenvalue weighted by Gasteiger charge is 2.12. The summed E-state index contributed by atoms with van der Waals surface area (Å²) in [6, 6.07) is 5.33. The van der Waals surface area contributed by atoms with E-state index in [2.05, 4.69) is 19.2 Å². The van der Waals surface area contributed by atoms with E-state index in [0.717, 1.165) is 5.69 Å². The summed E-state index contributed by atoms with van der Waals surface area (Å²) in [5.41, 5.74) is 7.76. The molecule has 0 unspecified atom stereocenters. The van der Waals surface area contributed by atoms with E-state index in [4.69, 9.17) is 10.5 Å². The minimum atomic E-state index is -0.130. The Bertz CT molecular complexity index is 445. The van der Waals surface area contributed by atoms with E-state index in [1.54, 1.807) is 12.1 Å². The Hall–Kier alpha value is -1.75. The highest BCUT2D eigenvalue weighted by atomic mass is 16.5. The van der Waals surface area contributed by atoms with Gasteiger partial charge in [-0.05, 0) is 24.1 Å². The summed E-state index contributed by atoms with van der Waals surface area (Å²) >= 11 is 0. The van der Waals surface area contributed by atoms with E-state index >= 15 is 0 Å². The number of hydrogen-bond acceptors (Lipinski definition) is 4. The maximum atomic E-state index is 12.2. The topological polar surface area (TPSA) is 67.6 Å². The second-order valence-corrected chi connectivity index (χ2v) is 5.40. The predicted octanol–water partition coefficient (Wildman–Crippen LogP) is 1.74. The van der Waals surface area contributed by atoms with Gasteiger partial charge in [0.1, 0.15) is 0 Å². The number of nitrogens with zero attached hydrogens (tertiary/aromatic N) is 1. The number of nitrogen functional groups attached to an aromatic ring is 1. The first-order valence-electron chi connectivity index (χ1n) is 6.84. The van der Waals surface area contributed by atoms with Gasteiger partial charge in [0.15, 0.2) is 0 Å². The maximum Gasteiger partial charge on any atom is 0.253 e. The summed E-state index contributed by atoms with van der Waals surface area (Å²) in [6.45, 7) is 5.90. The Morgan fingerprint density at radius 3 is 2.70 bits per heavy atom. The van der Waals surface area contributed by atoms with Crippen LogP contribution in [0, 0.1) is 5.92 Å². The number of rotatable bonds is 7. The molecule has 5 heteroatoms. The number of anilines is 2. The van der Waals surface area contributed by atoms with Crippen LogP contribution >= 0.6 is 0 Å². The zero-order valence-corrected chi connectivity index (χ0v) is 12.8. The van der Waals surface area contributed by atoms with Crippen molar-refractivity contribution < 1.29 is 9.53 Å². The van der Waals surface area contributed by atoms with E-state index in [0.29, 0.717) is 36.9 Å². The monoisotopic (exact) mass is 279 g/mol. The SMILES string of the molecule is CC(C)COCCNC(=O)c1cc(N)ccc1N(C)C. The molecule has 3 N–H and O–H groups in total. The Balaban J connectivity index is 2.56. The van der Waals surface area contributed by atoms with Crippen molar-refractivity contribution in [3.05, 3.63) is 23.8 Å². The van der Waals surface area contributed by atoms with Crippen LogP contribution in [0.15, 0.2) is 18.2 Å². The summed E-state index contributed by atoms with van der Waals surface area (Å²) in [5, 5.41) is 2.85. The van der Waals surface area contributed by atoms with Gasteiger partial charge < -0.3 is 20.7 Å². The van der Waals surface area contributed by atoms with Crippen molar-refractivity contribution in [3.8, 4) is 0 Å². The smallest absolute Gasteiger partial charge is 0.253 e. The third-order valence-electron chi connectivity index (χ3n) is 2.73. The third kappa shape index (κ3) is 5.09. The van der Waals surface area contributed by atoms with Crippen LogP contribution < -0.4 is 16.0 Å². The van der Waals surface area contributed by atoms with Gasteiger partial charge in [-0.3, -0.25) is 4.79 Å². The Kier molecular flexibility index (Phi) is 6.31. The third-order valence-corrected chi connectivity index (χ3v) is 2.73. The lowest BCUT2D eigenvalue weighted by molar-refractivity contribution is 0.0887. The molecule has 20 heavy (non-hydrogen) atoms. The summed E-state index contributed by atoms with van der Waals surface area (Å²) in [5.74, 6) is 0.370. The van der Waals surface area contributed by atoms with E-state index < -0.39 is 0 Å². The lowest BCUT2D eigenvalue weighted by Crippen LogP contribution is -2.29. The summed E-state index contributed by atoms with van der Waals surface area (Å²) in [6.07, 6.45) is 0. The number of carbonyl (C=O) groups excluding carboxylic acids is 1. The standard InChI is InChI=1S/C15H25N3O2/c1-11(2)10-20-8-7-17-15(19)13-9-12(16)5-6-14(13)18(3)4/h5-6,9,11H,7-8,10,16H2,1-4H3,(H,17,19). The van der Waals surface area contributed by atoms with Crippen molar-refractivity contribution >= 4 is 17.3 Å². The highest BCUT2D eigenvalue weighted by Crippen LogP contribution is 2.21. The first kappa shape index (κ1) is 16.3. The molecule has 1 rings (SSSR count). The molecule has 112 valence electrons. The maximum absolute atomic E-state index is 12.2. The number of nitrogens with one attached hydrogen (secondary N) is 1. The van der Waals surface area contributed by atoms with Crippen LogP contribution in [0.25, 0.3) is 0 Å². The zero-order valence-electron chi connectivity index (χ0n) is 12.8. The van der Waals surface area contributed by atoms with Crippen molar-refractivity contribution in [2.24, 2.45) is 5.92 Å². The first-order valence-corrected chi connectivity index (χ1v) is 6.84. The van der Waals surface area contributed by atoms with Crippen molar-refractivity contribution in [2.75, 3.05) is 44.5 Å². The number of hydrogen-bond donors (Lipinski definition) is 2. The minimum absolute atomic E-state index is 0.130. The molecule has 5 nitrogen and oxygen atoms in total. The molecule has 0 spiro atoms. The minimum Gasteiger partial charge on any atom is -0.399 e. The van der Waals surface area contributed by atoms with Crippen molar-refractivity contribution in [2.45, 2.75) is 13.8 Å². The summed E-state index contributed by atoms with van der Waals surface area (Å²) < 4.78 is 5.43. The molecule has 1 aromatic rings. The average molecular weight is 279 g/mol. The number of ether oxygens (including phenoxy) is 1. The number of nitrogens with two attached hydrogens (primary N) is 1. The van der Waals surface area contributed by atoms with Gasteiger partial charge >= 0.3 is 0 Å². The van der Waals surface area contributed by atoms with Crippen LogP contribution in [0.2, 0.25) is 0 Å². The van der Waals surface area contributed by atoms with E-state index in [1.165, 1.54) is 0 Å². The summed E-state index contributed by atoms with van der Waals surface area (Å²) in [4.78, 5) is 14.1. The van der Waals surface area contributed by atoms with Crippen molar-refractivity contribution in [1.82, 2.24) is 5.32 Å². The molecule has 0 saturated heterocycles. The molecule has 0 aliphatic carbocycles. The summed E-state index contributed by atoms with van der Waals surface area (Å²) in [7, 11) is 3.79. The molecule has 0 atom stereocenters. The number of amides is 1.